The van der Waals surface area contributed by atoms with Gasteiger partial charge in [-0.2, -0.15) is 0 Å². The molecule has 11 nitrogen and oxygen atoms in total. The quantitative estimate of drug-likeness (QED) is 0.145. The van der Waals surface area contributed by atoms with Crippen LogP contribution in [0.15, 0.2) is 75.1 Å². The molecule has 3 aromatic rings. The number of benzene rings is 2. The van der Waals surface area contributed by atoms with Crippen molar-refractivity contribution < 1.29 is 34.0 Å². The van der Waals surface area contributed by atoms with Crippen LogP contribution >= 0.6 is 0 Å². The summed E-state index contributed by atoms with van der Waals surface area (Å²) in [5.41, 5.74) is 6.77. The predicted molar refractivity (Wildman–Crippen MR) is 170 cm³/mol. The van der Waals surface area contributed by atoms with Gasteiger partial charge in [0.1, 0.15) is 46.7 Å². The van der Waals surface area contributed by atoms with E-state index >= 15 is 0 Å². The molecule has 0 bridgehead atoms. The van der Waals surface area contributed by atoms with Crippen molar-refractivity contribution in [3.8, 4) is 28.4 Å². The van der Waals surface area contributed by atoms with Gasteiger partial charge in [0.2, 0.25) is 0 Å². The molecule has 238 valence electrons. The Kier molecular flexibility index (Phi) is 9.33. The smallest absolute Gasteiger partial charge is 0.334 e. The van der Waals surface area contributed by atoms with Crippen LogP contribution in [0.2, 0.25) is 0 Å². The van der Waals surface area contributed by atoms with Gasteiger partial charge >= 0.3 is 5.97 Å². The largest absolute Gasteiger partial charge is 0.508 e. The Labute approximate surface area is 260 Å². The highest BCUT2D eigenvalue weighted by Crippen LogP contribution is 2.51. The number of ether oxygens (including phenoxy) is 2. The standard InChI is InChI=1S/C34H39N3O8/c1-4-20(11-13-36-3)33(42)44-26-16-24-30(41)29-25(40)15-23(18-38)43-32(29)28(21-6-5-7-22(39)14-21)31(24)45-34(26,2)12-10-19-8-9-27(35)37-17-19/h4-9,14-15,17,26-27,36-39,41H,10-13,16,18,35H2,1-3H3. The zero-order valence-corrected chi connectivity index (χ0v) is 25.6. The van der Waals surface area contributed by atoms with Gasteiger partial charge in [0.05, 0.1) is 11.7 Å². The van der Waals surface area contributed by atoms with Crippen molar-refractivity contribution in [3.05, 3.63) is 87.5 Å². The van der Waals surface area contributed by atoms with Crippen LogP contribution in [0.5, 0.6) is 17.2 Å². The van der Waals surface area contributed by atoms with Crippen molar-refractivity contribution in [3.63, 3.8) is 0 Å². The number of aliphatic hydroxyl groups excluding tert-OH is 1. The van der Waals surface area contributed by atoms with E-state index in [2.05, 4.69) is 10.6 Å². The van der Waals surface area contributed by atoms with Crippen molar-refractivity contribution in [2.24, 2.45) is 5.73 Å². The van der Waals surface area contributed by atoms with Crippen LogP contribution < -0.4 is 26.5 Å². The van der Waals surface area contributed by atoms with Gasteiger partial charge in [-0.15, -0.1) is 0 Å². The summed E-state index contributed by atoms with van der Waals surface area (Å²) in [6.45, 7) is 3.66. The molecule has 2 aliphatic heterocycles. The lowest BCUT2D eigenvalue weighted by Gasteiger charge is -2.43. The molecule has 11 heteroatoms. The van der Waals surface area contributed by atoms with E-state index in [0.717, 1.165) is 11.6 Å². The van der Waals surface area contributed by atoms with E-state index in [1.165, 1.54) is 12.1 Å². The van der Waals surface area contributed by atoms with Crippen molar-refractivity contribution in [2.45, 2.75) is 64.0 Å². The molecule has 3 heterocycles. The van der Waals surface area contributed by atoms with Gasteiger partial charge in [-0.25, -0.2) is 4.79 Å². The highest BCUT2D eigenvalue weighted by Gasteiger charge is 2.46. The molecule has 1 aromatic heterocycles. The summed E-state index contributed by atoms with van der Waals surface area (Å²) in [5, 5.41) is 37.8. The molecule has 45 heavy (non-hydrogen) atoms. The number of hydrogen-bond donors (Lipinski definition) is 6. The maximum atomic E-state index is 13.4. The maximum absolute atomic E-state index is 13.4. The van der Waals surface area contributed by atoms with Gasteiger partial charge in [-0.05, 0) is 76.0 Å². The number of carbonyl (C=O) groups excluding carboxylic acids is 1. The van der Waals surface area contributed by atoms with Gasteiger partial charge in [-0.1, -0.05) is 24.3 Å². The fourth-order valence-corrected chi connectivity index (χ4v) is 5.75. The average Bonchev–Trinajstić information content (AvgIpc) is 3.02. The van der Waals surface area contributed by atoms with Crippen LogP contribution in [0.25, 0.3) is 22.1 Å². The first kappa shape index (κ1) is 31.8. The number of dihydropyridines is 1. The third kappa shape index (κ3) is 6.46. The minimum Gasteiger partial charge on any atom is -0.508 e. The molecule has 7 N–H and O–H groups in total. The van der Waals surface area contributed by atoms with E-state index in [1.807, 2.05) is 25.3 Å². The molecule has 0 aliphatic carbocycles. The molecule has 0 saturated heterocycles. The molecule has 2 aromatic carbocycles. The third-order valence-corrected chi connectivity index (χ3v) is 8.34. The summed E-state index contributed by atoms with van der Waals surface area (Å²) in [4.78, 5) is 26.7. The summed E-state index contributed by atoms with van der Waals surface area (Å²) in [7, 11) is 1.80. The fraction of sp³-hybridized carbons (Fsp3) is 0.353. The van der Waals surface area contributed by atoms with Crippen LogP contribution in [-0.2, 0) is 22.6 Å². The number of aromatic hydroxyl groups is 2. The number of allylic oxidation sites excluding steroid dienone is 3. The minimum atomic E-state index is -1.11. The molecule has 0 radical (unpaired) electrons. The number of nitrogens with one attached hydrogen (secondary N) is 2. The third-order valence-electron chi connectivity index (χ3n) is 8.34. The van der Waals surface area contributed by atoms with Crippen molar-refractivity contribution >= 4 is 16.9 Å². The molecular weight excluding hydrogens is 578 g/mol. The van der Waals surface area contributed by atoms with E-state index in [-0.39, 0.29) is 52.1 Å². The second-order valence-corrected chi connectivity index (χ2v) is 11.5. The van der Waals surface area contributed by atoms with E-state index in [4.69, 9.17) is 19.6 Å². The number of aliphatic hydroxyl groups is 1. The Balaban J connectivity index is 1.68. The van der Waals surface area contributed by atoms with Crippen LogP contribution in [0.4, 0.5) is 0 Å². The summed E-state index contributed by atoms with van der Waals surface area (Å²) >= 11 is 0. The van der Waals surface area contributed by atoms with Gasteiger partial charge < -0.3 is 45.6 Å². The number of phenols is 2. The molecular formula is C34H39N3O8. The number of phenolic OH excluding ortho intramolecular Hbond substituents is 2. The molecule has 5 rings (SSSR count). The normalized spacial score (nSPS) is 21.1. The SMILES string of the molecule is CC=C(CCNC)C(=O)OC1Cc2c(c(-c3cccc(O)c3)c3oc(CO)cc(=O)c3c2O)OC1(C)CCC1=CNC(N)C=C1. The fourth-order valence-electron chi connectivity index (χ4n) is 5.75. The topological polar surface area (TPSA) is 177 Å². The number of fused-ring (bicyclic) bond motifs is 2. The van der Waals surface area contributed by atoms with Crippen LogP contribution in [0, 0.1) is 0 Å². The lowest BCUT2D eigenvalue weighted by Crippen LogP contribution is -2.51. The van der Waals surface area contributed by atoms with Gasteiger partial charge in [0, 0.05) is 29.8 Å². The summed E-state index contributed by atoms with van der Waals surface area (Å²) in [6, 6.07) is 7.48. The Morgan fingerprint density at radius 3 is 2.76 bits per heavy atom. The first-order valence-electron chi connectivity index (χ1n) is 14.9. The highest BCUT2D eigenvalue weighted by molar-refractivity contribution is 6.01. The Morgan fingerprint density at radius 1 is 1.29 bits per heavy atom. The number of carbonyl (C=O) groups is 1. The predicted octanol–water partition coefficient (Wildman–Crippen LogP) is 3.63. The Morgan fingerprint density at radius 2 is 2.09 bits per heavy atom. The number of nitrogens with two attached hydrogens (primary N) is 1. The van der Waals surface area contributed by atoms with Crippen LogP contribution in [0.3, 0.4) is 0 Å². The van der Waals surface area contributed by atoms with Crippen molar-refractivity contribution in [1.82, 2.24) is 10.6 Å². The molecule has 0 spiro atoms. The van der Waals surface area contributed by atoms with Crippen LogP contribution in [-0.4, -0.2) is 52.8 Å². The zero-order chi connectivity index (χ0) is 32.3. The van der Waals surface area contributed by atoms with Gasteiger partial charge in [0.25, 0.3) is 0 Å². The second-order valence-electron chi connectivity index (χ2n) is 11.5. The lowest BCUT2D eigenvalue weighted by molar-refractivity contribution is -0.159. The maximum Gasteiger partial charge on any atom is 0.334 e. The molecule has 2 aliphatic rings. The second kappa shape index (κ2) is 13.2. The summed E-state index contributed by atoms with van der Waals surface area (Å²) in [6.07, 6.45) is 7.63. The monoisotopic (exact) mass is 617 g/mol. The lowest BCUT2D eigenvalue weighted by atomic mass is 9.82. The number of hydrogen-bond acceptors (Lipinski definition) is 11. The summed E-state index contributed by atoms with van der Waals surface area (Å²) in [5.74, 6) is -0.659. The molecule has 0 fully saturated rings. The summed E-state index contributed by atoms with van der Waals surface area (Å²) < 4.78 is 18.9. The molecule has 0 amide bonds. The Hall–Kier alpha value is -4.58. The zero-order valence-electron chi connectivity index (χ0n) is 25.6. The molecule has 0 saturated carbocycles. The highest BCUT2D eigenvalue weighted by atomic mass is 16.6. The Bertz CT molecular complexity index is 1760. The first-order chi connectivity index (χ1) is 21.6. The molecule has 3 unspecified atom stereocenters. The number of esters is 1. The van der Waals surface area contributed by atoms with Crippen molar-refractivity contribution in [2.75, 3.05) is 13.6 Å². The van der Waals surface area contributed by atoms with Gasteiger partial charge in [-0.3, -0.25) is 4.79 Å². The van der Waals surface area contributed by atoms with Gasteiger partial charge in [0.15, 0.2) is 11.0 Å². The molecule has 3 atom stereocenters. The first-order valence-corrected chi connectivity index (χ1v) is 14.9. The minimum absolute atomic E-state index is 0.000753. The van der Waals surface area contributed by atoms with E-state index in [0.29, 0.717) is 42.5 Å². The number of rotatable bonds is 10. The van der Waals surface area contributed by atoms with Crippen LogP contribution in [0.1, 0.15) is 44.4 Å². The average molecular weight is 618 g/mol. The van der Waals surface area contributed by atoms with Crippen molar-refractivity contribution in [1.29, 1.82) is 0 Å². The van der Waals surface area contributed by atoms with E-state index < -0.39 is 29.7 Å². The van der Waals surface area contributed by atoms with E-state index in [1.54, 1.807) is 32.2 Å². The van der Waals surface area contributed by atoms with E-state index in [9.17, 15) is 24.9 Å².